The van der Waals surface area contributed by atoms with Crippen LogP contribution in [0.3, 0.4) is 0 Å². The minimum Gasteiger partial charge on any atom is -0.490 e. The highest BCUT2D eigenvalue weighted by molar-refractivity contribution is 9.10. The fourth-order valence-electron chi connectivity index (χ4n) is 1.33. The number of nitrogen functional groups attached to an aromatic ring is 1. The van der Waals surface area contributed by atoms with Gasteiger partial charge in [0.05, 0.1) is 7.11 Å². The molecule has 0 aliphatic rings. The van der Waals surface area contributed by atoms with E-state index in [1.54, 1.807) is 7.11 Å². The Kier molecular flexibility index (Phi) is 4.40. The van der Waals surface area contributed by atoms with Gasteiger partial charge in [0.2, 0.25) is 0 Å². The Morgan fingerprint density at radius 2 is 2.00 bits per heavy atom. The molecule has 0 unspecified atom stereocenters. The zero-order valence-electron chi connectivity index (χ0n) is 9.55. The normalized spacial score (nSPS) is 10.2. The molecule has 94 valence electrons. The molecule has 1 aromatic carbocycles. The zero-order chi connectivity index (χ0) is 13.0. The Hall–Kier alpha value is -1.31. The van der Waals surface area contributed by atoms with E-state index in [-0.39, 0.29) is 0 Å². The first-order valence-electron chi connectivity index (χ1n) is 5.03. The highest BCUT2D eigenvalue weighted by atomic mass is 79.9. The number of benzene rings is 1. The van der Waals surface area contributed by atoms with Gasteiger partial charge in [-0.3, -0.25) is 0 Å². The van der Waals surface area contributed by atoms with Crippen LogP contribution in [0.5, 0.6) is 5.75 Å². The summed E-state index contributed by atoms with van der Waals surface area (Å²) in [6, 6.07) is 7.92. The highest BCUT2D eigenvalue weighted by Gasteiger charge is 2.12. The Labute approximate surface area is 117 Å². The predicted octanol–water partition coefficient (Wildman–Crippen LogP) is 2.68. The molecule has 0 fully saturated rings. The molecule has 0 atom stereocenters. The number of methoxy groups -OCH3 is 1. The molecule has 0 aliphatic carbocycles. The van der Waals surface area contributed by atoms with E-state index in [2.05, 4.69) is 31.3 Å². The molecule has 1 heterocycles. The maximum atomic E-state index is 5.37. The molecule has 0 saturated carbocycles. The second kappa shape index (κ2) is 6.03. The van der Waals surface area contributed by atoms with Crippen LogP contribution < -0.4 is 16.0 Å². The van der Waals surface area contributed by atoms with Crippen LogP contribution in [-0.4, -0.2) is 17.1 Å². The molecule has 2 rings (SSSR count). The molecule has 3 N–H and O–H groups in total. The summed E-state index contributed by atoms with van der Waals surface area (Å²) in [5, 5.41) is 0.711. The van der Waals surface area contributed by atoms with Crippen molar-refractivity contribution in [3.8, 4) is 5.75 Å². The summed E-state index contributed by atoms with van der Waals surface area (Å²) in [5.74, 6) is 6.37. The molecule has 18 heavy (non-hydrogen) atoms. The van der Waals surface area contributed by atoms with E-state index >= 15 is 0 Å². The minimum absolute atomic E-state index is 0.465. The van der Waals surface area contributed by atoms with E-state index in [0.717, 1.165) is 9.37 Å². The smallest absolute Gasteiger partial charge is 0.195 e. The number of nitrogens with one attached hydrogen (secondary N) is 1. The third-order valence-electron chi connectivity index (χ3n) is 2.14. The molecular formula is C11H11BrN4OS. The van der Waals surface area contributed by atoms with Crippen molar-refractivity contribution in [3.05, 3.63) is 35.1 Å². The van der Waals surface area contributed by atoms with Crippen molar-refractivity contribution in [3.63, 3.8) is 0 Å². The summed E-state index contributed by atoms with van der Waals surface area (Å²) in [6.07, 6.45) is 1.44. The lowest BCUT2D eigenvalue weighted by molar-refractivity contribution is 0.400. The van der Waals surface area contributed by atoms with E-state index in [9.17, 15) is 0 Å². The Bertz CT molecular complexity index is 535. The summed E-state index contributed by atoms with van der Waals surface area (Å²) in [7, 11) is 1.56. The maximum Gasteiger partial charge on any atom is 0.195 e. The highest BCUT2D eigenvalue weighted by Crippen LogP contribution is 2.36. The van der Waals surface area contributed by atoms with Crippen LogP contribution in [0.25, 0.3) is 0 Å². The quantitative estimate of drug-likeness (QED) is 0.511. The van der Waals surface area contributed by atoms with Crippen molar-refractivity contribution in [1.29, 1.82) is 0 Å². The van der Waals surface area contributed by atoms with Crippen molar-refractivity contribution >= 4 is 33.5 Å². The molecule has 0 amide bonds. The van der Waals surface area contributed by atoms with Crippen molar-refractivity contribution in [2.75, 3.05) is 12.5 Å². The summed E-state index contributed by atoms with van der Waals surface area (Å²) in [6.45, 7) is 0. The standard InChI is InChI=1S/C11H11BrN4OS/c1-17-9-10(16-13)14-6-15-11(9)18-8-4-2-7(12)3-5-8/h2-6H,13H2,1H3,(H,14,15,16). The van der Waals surface area contributed by atoms with Crippen LogP contribution >= 0.6 is 27.7 Å². The van der Waals surface area contributed by atoms with Crippen molar-refractivity contribution in [1.82, 2.24) is 9.97 Å². The second-order valence-electron chi connectivity index (χ2n) is 3.26. The summed E-state index contributed by atoms with van der Waals surface area (Å²) in [4.78, 5) is 9.24. The molecule has 7 heteroatoms. The van der Waals surface area contributed by atoms with Crippen LogP contribution in [0, 0.1) is 0 Å². The van der Waals surface area contributed by atoms with Gasteiger partial charge in [0.15, 0.2) is 11.6 Å². The molecule has 5 nitrogen and oxygen atoms in total. The number of hydrogen-bond donors (Lipinski definition) is 2. The number of ether oxygens (including phenoxy) is 1. The van der Waals surface area contributed by atoms with E-state index in [4.69, 9.17) is 10.6 Å². The number of halogens is 1. The lowest BCUT2D eigenvalue weighted by Gasteiger charge is -2.10. The summed E-state index contributed by atoms with van der Waals surface area (Å²) < 4.78 is 6.30. The van der Waals surface area contributed by atoms with Crippen LogP contribution in [0.2, 0.25) is 0 Å². The van der Waals surface area contributed by atoms with E-state index in [0.29, 0.717) is 16.6 Å². The zero-order valence-corrected chi connectivity index (χ0v) is 12.0. The van der Waals surface area contributed by atoms with Crippen molar-refractivity contribution in [2.24, 2.45) is 5.84 Å². The largest absolute Gasteiger partial charge is 0.490 e. The van der Waals surface area contributed by atoms with Crippen LogP contribution in [-0.2, 0) is 0 Å². The Balaban J connectivity index is 2.31. The average Bonchev–Trinajstić information content (AvgIpc) is 2.41. The van der Waals surface area contributed by atoms with Crippen LogP contribution in [0.4, 0.5) is 5.82 Å². The van der Waals surface area contributed by atoms with Gasteiger partial charge < -0.3 is 10.2 Å². The van der Waals surface area contributed by atoms with Gasteiger partial charge >= 0.3 is 0 Å². The van der Waals surface area contributed by atoms with Crippen molar-refractivity contribution in [2.45, 2.75) is 9.92 Å². The SMILES string of the molecule is COc1c(NN)ncnc1Sc1ccc(Br)cc1. The first-order chi connectivity index (χ1) is 8.74. The van der Waals surface area contributed by atoms with Gasteiger partial charge in [-0.2, -0.15) is 0 Å². The molecule has 0 spiro atoms. The third-order valence-corrected chi connectivity index (χ3v) is 3.66. The van der Waals surface area contributed by atoms with Gasteiger partial charge in [-0.15, -0.1) is 0 Å². The summed E-state index contributed by atoms with van der Waals surface area (Å²) in [5.41, 5.74) is 2.48. The number of nitrogens with two attached hydrogens (primary N) is 1. The number of hydrogen-bond acceptors (Lipinski definition) is 6. The van der Waals surface area contributed by atoms with Gasteiger partial charge in [-0.1, -0.05) is 27.7 Å². The fraction of sp³-hybridized carbons (Fsp3) is 0.0909. The van der Waals surface area contributed by atoms with Gasteiger partial charge in [0.1, 0.15) is 11.4 Å². The maximum absolute atomic E-state index is 5.37. The fourth-order valence-corrected chi connectivity index (χ4v) is 2.46. The number of rotatable bonds is 4. The van der Waals surface area contributed by atoms with Crippen LogP contribution in [0.15, 0.2) is 45.0 Å². The first kappa shape index (κ1) is 13.1. The molecule has 2 aromatic rings. The van der Waals surface area contributed by atoms with Crippen molar-refractivity contribution < 1.29 is 4.74 Å². The monoisotopic (exact) mass is 326 g/mol. The van der Waals surface area contributed by atoms with E-state index in [1.165, 1.54) is 18.1 Å². The predicted molar refractivity (Wildman–Crippen MR) is 74.7 cm³/mol. The average molecular weight is 327 g/mol. The van der Waals surface area contributed by atoms with Gasteiger partial charge in [0, 0.05) is 9.37 Å². The Morgan fingerprint density at radius 1 is 1.28 bits per heavy atom. The van der Waals surface area contributed by atoms with E-state index < -0.39 is 0 Å². The summed E-state index contributed by atoms with van der Waals surface area (Å²) >= 11 is 4.88. The number of nitrogens with zero attached hydrogens (tertiary/aromatic N) is 2. The first-order valence-corrected chi connectivity index (χ1v) is 6.64. The van der Waals surface area contributed by atoms with Gasteiger partial charge in [-0.05, 0) is 24.3 Å². The van der Waals surface area contributed by atoms with Gasteiger partial charge in [-0.25, -0.2) is 15.8 Å². The van der Waals surface area contributed by atoms with Crippen LogP contribution in [0.1, 0.15) is 0 Å². The molecule has 0 radical (unpaired) electrons. The molecular weight excluding hydrogens is 316 g/mol. The topological polar surface area (TPSA) is 73.1 Å². The number of aromatic nitrogens is 2. The number of hydrazine groups is 1. The van der Waals surface area contributed by atoms with Gasteiger partial charge in [0.25, 0.3) is 0 Å². The lowest BCUT2D eigenvalue weighted by atomic mass is 10.4. The third kappa shape index (κ3) is 2.92. The molecule has 0 bridgehead atoms. The minimum atomic E-state index is 0.465. The Morgan fingerprint density at radius 3 is 2.61 bits per heavy atom. The lowest BCUT2D eigenvalue weighted by Crippen LogP contribution is -2.10. The number of anilines is 1. The molecule has 1 aromatic heterocycles. The van der Waals surface area contributed by atoms with E-state index in [1.807, 2.05) is 24.3 Å². The second-order valence-corrected chi connectivity index (χ2v) is 5.24. The molecule has 0 aliphatic heterocycles. The molecule has 0 saturated heterocycles.